The molecule has 0 bridgehead atoms. The minimum absolute atomic E-state index is 0.0681. The van der Waals surface area contributed by atoms with E-state index in [9.17, 15) is 17.7 Å². The lowest BCUT2D eigenvalue weighted by Crippen LogP contribution is -2.40. The van der Waals surface area contributed by atoms with E-state index in [1.165, 1.54) is 13.8 Å². The number of alkyl carbamates (subject to hydrolysis) is 1. The topological polar surface area (TPSA) is 38.3 Å². The molecule has 0 aromatic heterocycles. The lowest BCUT2D eigenvalue weighted by Gasteiger charge is -2.26. The molecule has 0 aliphatic heterocycles. The highest BCUT2D eigenvalue weighted by Gasteiger charge is 2.32. The zero-order valence-electron chi connectivity index (χ0n) is 18.6. The van der Waals surface area contributed by atoms with E-state index in [1.807, 2.05) is 48.5 Å². The molecule has 3 aromatic rings. The number of thiol groups is 1. The van der Waals surface area contributed by atoms with Crippen LogP contribution in [0.3, 0.4) is 0 Å². The van der Waals surface area contributed by atoms with Crippen molar-refractivity contribution in [3.05, 3.63) is 81.9 Å². The summed E-state index contributed by atoms with van der Waals surface area (Å²) < 4.78 is 46.5. The number of benzene rings is 3. The van der Waals surface area contributed by atoms with Crippen LogP contribution in [0.15, 0.2) is 53.4 Å². The average molecular weight is 470 g/mol. The van der Waals surface area contributed by atoms with Crippen molar-refractivity contribution in [2.24, 2.45) is 0 Å². The summed E-state index contributed by atoms with van der Waals surface area (Å²) in [5.41, 5.74) is 5.05. The third-order valence-electron chi connectivity index (χ3n) is 6.50. The Balaban J connectivity index is 1.49. The van der Waals surface area contributed by atoms with Crippen molar-refractivity contribution in [2.75, 3.05) is 6.61 Å². The molecule has 0 unspecified atom stereocenters. The Morgan fingerprint density at radius 2 is 1.48 bits per heavy atom. The number of carbonyl (C=O) groups excluding carboxylic acids is 1. The van der Waals surface area contributed by atoms with Crippen LogP contribution >= 0.6 is 12.6 Å². The Hall–Kier alpha value is -2.87. The van der Waals surface area contributed by atoms with E-state index in [2.05, 4.69) is 17.9 Å². The third kappa shape index (κ3) is 4.24. The summed E-state index contributed by atoms with van der Waals surface area (Å²) in [5, 5.41) is 2.62. The van der Waals surface area contributed by atoms with Gasteiger partial charge in [0.25, 0.3) is 0 Å². The number of hydrogen-bond acceptors (Lipinski definition) is 3. The van der Waals surface area contributed by atoms with Gasteiger partial charge in [-0.2, -0.15) is 0 Å². The van der Waals surface area contributed by atoms with Gasteiger partial charge in [0.1, 0.15) is 6.61 Å². The quantitative estimate of drug-likeness (QED) is 0.355. The van der Waals surface area contributed by atoms with E-state index in [0.29, 0.717) is 16.0 Å². The summed E-state index contributed by atoms with van der Waals surface area (Å²) in [6.07, 6.45) is -0.670. The molecule has 0 saturated heterocycles. The maximum Gasteiger partial charge on any atom is 0.510 e. The van der Waals surface area contributed by atoms with Gasteiger partial charge in [-0.3, -0.25) is 0 Å². The molecule has 0 spiro atoms. The fraction of sp³-hybridized carbons (Fsp3) is 0.240. The molecular weight excluding hydrogens is 446 g/mol. The summed E-state index contributed by atoms with van der Waals surface area (Å²) >= 11 is 4.29. The monoisotopic (exact) mass is 470 g/mol. The van der Waals surface area contributed by atoms with Crippen LogP contribution in [0.5, 0.6) is 0 Å². The van der Waals surface area contributed by atoms with Crippen LogP contribution in [-0.2, 0) is 11.3 Å². The number of carbonyl (C=O) groups is 1. The molecular formula is C25H24BF3NO2S-. The van der Waals surface area contributed by atoms with Gasteiger partial charge in [0.05, 0.1) is 0 Å². The number of nitrogens with one attached hydrogen (secondary N) is 1. The molecule has 1 N–H and O–H groups in total. The second-order valence-electron chi connectivity index (χ2n) is 8.37. The van der Waals surface area contributed by atoms with Gasteiger partial charge in [-0.15, -0.1) is 18.1 Å². The molecule has 8 heteroatoms. The van der Waals surface area contributed by atoms with Gasteiger partial charge < -0.3 is 23.0 Å². The number of fused-ring (bicyclic) bond motifs is 3. The van der Waals surface area contributed by atoms with Crippen LogP contribution in [0, 0.1) is 20.8 Å². The summed E-state index contributed by atoms with van der Waals surface area (Å²) in [4.78, 5) is 12.8. The molecule has 0 atom stereocenters. The number of amides is 1. The van der Waals surface area contributed by atoms with Crippen molar-refractivity contribution in [2.45, 2.75) is 38.1 Å². The second-order valence-corrected chi connectivity index (χ2v) is 8.82. The highest BCUT2D eigenvalue weighted by molar-refractivity contribution is 7.80. The molecule has 33 heavy (non-hydrogen) atoms. The molecule has 3 nitrogen and oxygen atoms in total. The zero-order valence-corrected chi connectivity index (χ0v) is 19.5. The maximum atomic E-state index is 13.7. The summed E-state index contributed by atoms with van der Waals surface area (Å²) in [7, 11) is 0. The minimum atomic E-state index is -5.20. The first-order chi connectivity index (χ1) is 15.6. The minimum Gasteiger partial charge on any atom is -0.449 e. The second kappa shape index (κ2) is 8.82. The normalized spacial score (nSPS) is 12.9. The van der Waals surface area contributed by atoms with Crippen molar-refractivity contribution in [1.82, 2.24) is 5.32 Å². The van der Waals surface area contributed by atoms with E-state index in [0.717, 1.165) is 22.3 Å². The first kappa shape index (κ1) is 23.3. The van der Waals surface area contributed by atoms with Gasteiger partial charge in [-0.05, 0) is 54.2 Å². The van der Waals surface area contributed by atoms with Crippen molar-refractivity contribution in [3.8, 4) is 11.1 Å². The van der Waals surface area contributed by atoms with Gasteiger partial charge in [0, 0.05) is 17.4 Å². The first-order valence-corrected chi connectivity index (χ1v) is 11.2. The molecule has 1 aliphatic rings. The van der Waals surface area contributed by atoms with Crippen LogP contribution in [-0.4, -0.2) is 19.7 Å². The predicted octanol–water partition coefficient (Wildman–Crippen LogP) is 5.99. The summed E-state index contributed by atoms with van der Waals surface area (Å²) in [6.45, 7) is -0.555. The highest BCUT2D eigenvalue weighted by atomic mass is 32.1. The van der Waals surface area contributed by atoms with Crippen molar-refractivity contribution in [1.29, 1.82) is 0 Å². The Morgan fingerprint density at radius 1 is 0.939 bits per heavy atom. The third-order valence-corrected chi connectivity index (χ3v) is 7.18. The lowest BCUT2D eigenvalue weighted by atomic mass is 9.72. The molecule has 0 heterocycles. The smallest absolute Gasteiger partial charge is 0.449 e. The number of hydrogen-bond donors (Lipinski definition) is 2. The predicted molar refractivity (Wildman–Crippen MR) is 129 cm³/mol. The SMILES string of the molecule is Cc1c(S)c(C)c([B-](F)(F)F)c(C)c1CNC(=O)OCC1c2ccccc2-c2ccccc21. The molecule has 4 rings (SSSR count). The Kier molecular flexibility index (Phi) is 6.23. The van der Waals surface area contributed by atoms with Crippen LogP contribution in [0.4, 0.5) is 17.7 Å². The molecule has 172 valence electrons. The van der Waals surface area contributed by atoms with Gasteiger partial charge in [-0.25, -0.2) is 4.79 Å². The number of rotatable bonds is 5. The van der Waals surface area contributed by atoms with E-state index >= 15 is 0 Å². The summed E-state index contributed by atoms with van der Waals surface area (Å²) in [5.74, 6) is -0.0884. The van der Waals surface area contributed by atoms with E-state index in [4.69, 9.17) is 4.74 Å². The fourth-order valence-corrected chi connectivity index (χ4v) is 5.10. The maximum absolute atomic E-state index is 13.7. The van der Waals surface area contributed by atoms with Crippen LogP contribution in [0.25, 0.3) is 11.1 Å². The van der Waals surface area contributed by atoms with Crippen molar-refractivity contribution >= 4 is 31.2 Å². The van der Waals surface area contributed by atoms with E-state index in [1.54, 1.807) is 6.92 Å². The van der Waals surface area contributed by atoms with Gasteiger partial charge in [0.2, 0.25) is 0 Å². The molecule has 1 aliphatic carbocycles. The van der Waals surface area contributed by atoms with Crippen LogP contribution in [0.2, 0.25) is 0 Å². The lowest BCUT2D eigenvalue weighted by molar-refractivity contribution is 0.142. The van der Waals surface area contributed by atoms with E-state index < -0.39 is 18.5 Å². The Labute approximate surface area is 196 Å². The van der Waals surface area contributed by atoms with E-state index in [-0.39, 0.29) is 30.2 Å². The zero-order chi connectivity index (χ0) is 23.9. The number of ether oxygens (including phenoxy) is 1. The molecule has 1 amide bonds. The molecule has 3 aromatic carbocycles. The van der Waals surface area contributed by atoms with Gasteiger partial charge in [0.15, 0.2) is 0 Å². The number of halogens is 3. The van der Waals surface area contributed by atoms with Crippen molar-refractivity contribution < 1.29 is 22.5 Å². The first-order valence-electron chi connectivity index (χ1n) is 10.7. The summed E-state index contributed by atoms with van der Waals surface area (Å²) in [6, 6.07) is 16.0. The van der Waals surface area contributed by atoms with Crippen LogP contribution < -0.4 is 10.8 Å². The Morgan fingerprint density at radius 3 is 2.03 bits per heavy atom. The van der Waals surface area contributed by atoms with Gasteiger partial charge in [-0.1, -0.05) is 59.7 Å². The highest BCUT2D eigenvalue weighted by Crippen LogP contribution is 2.44. The average Bonchev–Trinajstić information content (AvgIpc) is 3.09. The Bertz CT molecular complexity index is 1200. The standard InChI is InChI=1S/C25H24BF3NO2S/c1-14-21(15(2)24(33)16(3)23(14)26(27,28)29)12-30-25(31)32-13-22-19-10-6-4-8-17(19)18-9-5-7-11-20(18)22/h4-11,22,33H,12-13H2,1-3H3,(H,30,31)/q-1. The van der Waals surface area contributed by atoms with Crippen molar-refractivity contribution in [3.63, 3.8) is 0 Å². The van der Waals surface area contributed by atoms with Crippen LogP contribution in [0.1, 0.15) is 39.3 Å². The largest absolute Gasteiger partial charge is 0.510 e. The van der Waals surface area contributed by atoms with Gasteiger partial charge >= 0.3 is 13.1 Å². The molecule has 0 saturated carbocycles. The molecule has 0 fully saturated rings. The fourth-order valence-electron chi connectivity index (χ4n) is 4.84. The molecule has 0 radical (unpaired) electrons.